The Labute approximate surface area is 236 Å². The number of nitrogens with zero attached hydrogens (tertiary/aromatic N) is 2. The molecule has 0 fully saturated rings. The Morgan fingerprint density at radius 2 is 1.49 bits per heavy atom. The second kappa shape index (κ2) is 12.7. The van der Waals surface area contributed by atoms with E-state index in [2.05, 4.69) is 26.1 Å². The van der Waals surface area contributed by atoms with E-state index < -0.39 is 28.5 Å². The maximum Gasteiger partial charge on any atom is 0.244 e. The average molecular weight is 570 g/mol. The van der Waals surface area contributed by atoms with Gasteiger partial charge in [-0.3, -0.25) is 13.9 Å². The highest BCUT2D eigenvalue weighted by molar-refractivity contribution is 7.92. The molecule has 0 spiro atoms. The lowest BCUT2D eigenvalue weighted by molar-refractivity contribution is -0.139. The van der Waals surface area contributed by atoms with Gasteiger partial charge in [-0.05, 0) is 46.4 Å². The molecule has 208 valence electrons. The summed E-state index contributed by atoms with van der Waals surface area (Å²) in [5.41, 5.74) is 2.94. The highest BCUT2D eigenvalue weighted by atomic mass is 35.5. The molecule has 1 N–H and O–H groups in total. The molecule has 9 heteroatoms. The fourth-order valence-electron chi connectivity index (χ4n) is 4.25. The summed E-state index contributed by atoms with van der Waals surface area (Å²) < 4.78 is 26.8. The first kappa shape index (κ1) is 30.2. The average Bonchev–Trinajstić information content (AvgIpc) is 2.89. The van der Waals surface area contributed by atoms with Gasteiger partial charge >= 0.3 is 0 Å². The van der Waals surface area contributed by atoms with E-state index >= 15 is 0 Å². The van der Waals surface area contributed by atoms with E-state index in [1.165, 1.54) is 11.9 Å². The molecule has 0 saturated carbocycles. The summed E-state index contributed by atoms with van der Waals surface area (Å²) in [6, 6.07) is 22.7. The van der Waals surface area contributed by atoms with E-state index in [0.29, 0.717) is 10.7 Å². The third-order valence-corrected chi connectivity index (χ3v) is 7.88. The first-order chi connectivity index (χ1) is 18.3. The van der Waals surface area contributed by atoms with Crippen molar-refractivity contribution in [1.82, 2.24) is 10.2 Å². The number of carbonyl (C=O) groups excluding carboxylic acids is 2. The number of halogens is 1. The van der Waals surface area contributed by atoms with E-state index in [1.54, 1.807) is 36.4 Å². The van der Waals surface area contributed by atoms with Crippen molar-refractivity contribution in [3.8, 4) is 0 Å². The maximum atomic E-state index is 13.9. The lowest BCUT2D eigenvalue weighted by atomic mass is 9.87. The monoisotopic (exact) mass is 569 g/mol. The topological polar surface area (TPSA) is 86.8 Å². The number of hydrogen-bond acceptors (Lipinski definition) is 4. The molecule has 0 aliphatic carbocycles. The number of carbonyl (C=O) groups is 2. The number of anilines is 1. The zero-order valence-electron chi connectivity index (χ0n) is 23.0. The Morgan fingerprint density at radius 1 is 0.897 bits per heavy atom. The van der Waals surface area contributed by atoms with Crippen LogP contribution in [0.1, 0.15) is 37.5 Å². The van der Waals surface area contributed by atoms with Crippen LogP contribution >= 0.6 is 11.6 Å². The molecule has 3 aromatic carbocycles. The van der Waals surface area contributed by atoms with Crippen molar-refractivity contribution < 1.29 is 18.0 Å². The smallest absolute Gasteiger partial charge is 0.244 e. The van der Waals surface area contributed by atoms with Gasteiger partial charge in [0.1, 0.15) is 12.6 Å². The van der Waals surface area contributed by atoms with Crippen molar-refractivity contribution in [2.75, 3.05) is 24.2 Å². The molecular weight excluding hydrogens is 534 g/mol. The Bertz CT molecular complexity index is 1370. The van der Waals surface area contributed by atoms with Crippen LogP contribution < -0.4 is 9.62 Å². The molecule has 3 rings (SSSR count). The number of sulfonamides is 1. The molecule has 0 aliphatic rings. The quantitative estimate of drug-likeness (QED) is 0.380. The maximum absolute atomic E-state index is 13.9. The van der Waals surface area contributed by atoms with Crippen molar-refractivity contribution in [1.29, 1.82) is 0 Å². The van der Waals surface area contributed by atoms with Gasteiger partial charge in [0.15, 0.2) is 0 Å². The minimum atomic E-state index is -3.82. The van der Waals surface area contributed by atoms with Gasteiger partial charge in [0, 0.05) is 25.0 Å². The molecule has 2 amide bonds. The second-order valence-corrected chi connectivity index (χ2v) is 12.9. The first-order valence-corrected chi connectivity index (χ1v) is 14.9. The van der Waals surface area contributed by atoms with Crippen LogP contribution in [0, 0.1) is 0 Å². The lowest BCUT2D eigenvalue weighted by Crippen LogP contribution is -2.52. The minimum Gasteiger partial charge on any atom is -0.357 e. The first-order valence-electron chi connectivity index (χ1n) is 12.7. The summed E-state index contributed by atoms with van der Waals surface area (Å²) >= 11 is 6.06. The van der Waals surface area contributed by atoms with E-state index in [0.717, 1.165) is 27.3 Å². The van der Waals surface area contributed by atoms with Gasteiger partial charge in [-0.2, -0.15) is 0 Å². The molecule has 0 heterocycles. The lowest BCUT2D eigenvalue weighted by Gasteiger charge is -2.33. The third kappa shape index (κ3) is 8.31. The number of amides is 2. The number of likely N-dealkylation sites (N-methyl/N-ethyl adjacent to an activating group) is 1. The third-order valence-electron chi connectivity index (χ3n) is 6.48. The van der Waals surface area contributed by atoms with Crippen LogP contribution in [-0.4, -0.2) is 51.0 Å². The molecule has 7 nitrogen and oxygen atoms in total. The van der Waals surface area contributed by atoms with Gasteiger partial charge in [0.25, 0.3) is 0 Å². The Hall–Kier alpha value is -3.36. The van der Waals surface area contributed by atoms with E-state index in [9.17, 15) is 18.0 Å². The van der Waals surface area contributed by atoms with Crippen LogP contribution in [0.2, 0.25) is 5.02 Å². The summed E-state index contributed by atoms with van der Waals surface area (Å²) in [5, 5.41) is 3.21. The Kier molecular flexibility index (Phi) is 9.80. The van der Waals surface area contributed by atoms with Crippen molar-refractivity contribution in [2.45, 2.75) is 45.2 Å². The van der Waals surface area contributed by atoms with Gasteiger partial charge < -0.3 is 10.2 Å². The molecule has 3 aromatic rings. The summed E-state index contributed by atoms with van der Waals surface area (Å²) in [4.78, 5) is 28.5. The van der Waals surface area contributed by atoms with Crippen molar-refractivity contribution in [3.63, 3.8) is 0 Å². The molecule has 0 bridgehead atoms. The van der Waals surface area contributed by atoms with Gasteiger partial charge in [-0.25, -0.2) is 8.42 Å². The zero-order chi connectivity index (χ0) is 28.8. The second-order valence-electron chi connectivity index (χ2n) is 10.5. The van der Waals surface area contributed by atoms with Crippen LogP contribution in [0.15, 0.2) is 78.9 Å². The minimum absolute atomic E-state index is 0.0987. The largest absolute Gasteiger partial charge is 0.357 e. The van der Waals surface area contributed by atoms with E-state index in [-0.39, 0.29) is 24.3 Å². The number of benzene rings is 3. The Balaban J connectivity index is 2.01. The fraction of sp³-hybridized carbons (Fsp3) is 0.333. The predicted octanol–water partition coefficient (Wildman–Crippen LogP) is 4.79. The Morgan fingerprint density at radius 3 is 2.00 bits per heavy atom. The molecule has 0 aromatic heterocycles. The number of rotatable bonds is 10. The van der Waals surface area contributed by atoms with Gasteiger partial charge in [-0.1, -0.05) is 87.0 Å². The van der Waals surface area contributed by atoms with Gasteiger partial charge in [-0.15, -0.1) is 0 Å². The van der Waals surface area contributed by atoms with Gasteiger partial charge in [0.05, 0.1) is 11.9 Å². The molecule has 0 unspecified atom stereocenters. The highest BCUT2D eigenvalue weighted by Gasteiger charge is 2.32. The van der Waals surface area contributed by atoms with Gasteiger partial charge in [0.2, 0.25) is 21.8 Å². The number of nitrogens with one attached hydrogen (secondary N) is 1. The molecule has 0 aliphatic heterocycles. The van der Waals surface area contributed by atoms with Crippen LogP contribution in [0.4, 0.5) is 5.69 Å². The normalized spacial score (nSPS) is 12.5. The van der Waals surface area contributed by atoms with Crippen LogP contribution in [0.5, 0.6) is 0 Å². The molecule has 0 radical (unpaired) electrons. The molecule has 1 atom stereocenters. The van der Waals surface area contributed by atoms with Crippen molar-refractivity contribution in [2.24, 2.45) is 0 Å². The SMILES string of the molecule is CNC(=O)[C@H](Cc1ccccc1)N(Cc1ccc(Cl)cc1)C(=O)CN(c1ccc(C(C)(C)C)cc1)S(C)(=O)=O. The standard InChI is InChI=1S/C30H36ClN3O4S/c1-30(2,3)24-13-17-26(18-14-24)34(39(5,37)38)21-28(35)33(20-23-11-15-25(31)16-12-23)27(29(36)32-4)19-22-9-7-6-8-10-22/h6-18,27H,19-21H2,1-5H3,(H,32,36)/t27-/m0/s1. The van der Waals surface area contributed by atoms with E-state index in [4.69, 9.17) is 11.6 Å². The number of hydrogen-bond donors (Lipinski definition) is 1. The van der Waals surface area contributed by atoms with Crippen LogP contribution in [0.3, 0.4) is 0 Å². The van der Waals surface area contributed by atoms with Crippen molar-refractivity contribution >= 4 is 39.1 Å². The zero-order valence-corrected chi connectivity index (χ0v) is 24.6. The van der Waals surface area contributed by atoms with Crippen molar-refractivity contribution in [3.05, 3.63) is 101 Å². The summed E-state index contributed by atoms with van der Waals surface area (Å²) in [6.45, 7) is 5.85. The van der Waals surface area contributed by atoms with Crippen LogP contribution in [-0.2, 0) is 38.0 Å². The fourth-order valence-corrected chi connectivity index (χ4v) is 5.22. The summed E-state index contributed by atoms with van der Waals surface area (Å²) in [7, 11) is -2.30. The molecule has 39 heavy (non-hydrogen) atoms. The highest BCUT2D eigenvalue weighted by Crippen LogP contribution is 2.26. The predicted molar refractivity (Wildman–Crippen MR) is 157 cm³/mol. The van der Waals surface area contributed by atoms with E-state index in [1.807, 2.05) is 42.5 Å². The molecule has 0 saturated heterocycles. The molecular formula is C30H36ClN3O4S. The summed E-state index contributed by atoms with van der Waals surface area (Å²) in [5.74, 6) is -0.846. The van der Waals surface area contributed by atoms with Crippen LogP contribution in [0.25, 0.3) is 0 Å². The summed E-state index contributed by atoms with van der Waals surface area (Å²) in [6.07, 6.45) is 1.33.